The lowest BCUT2D eigenvalue weighted by Gasteiger charge is -2.32. The largest absolute Gasteiger partial charge is 0.457 e. The quantitative estimate of drug-likeness (QED) is 0.159. The normalized spacial score (nSPS) is 14.6. The van der Waals surface area contributed by atoms with Crippen molar-refractivity contribution in [3.63, 3.8) is 0 Å². The third-order valence-corrected chi connectivity index (χ3v) is 18.6. The molecular weight excluding hydrogens is 1050 g/mol. The van der Waals surface area contributed by atoms with Crippen molar-refractivity contribution in [3.05, 3.63) is 203 Å². The minimum atomic E-state index is -2.52. The van der Waals surface area contributed by atoms with Crippen molar-refractivity contribution in [3.8, 4) is 39.6 Å². The second kappa shape index (κ2) is 20.2. The standard InChI is InChI=1S/C79H86N4OS/c1-48-46-80-70(45-64(48)79(17,18)19)83-67-34-33-60-59-27-20-23-30-69(59)85-73(60)71(67)61-32-31-58(44-68(61)83)84-57-26-24-25-56(43-57)81-47-82(66-29-22-21-28-65(66)81)72-62(49-35-51(74(2,3)4)39-52(36-49)75(5,6)7)41-55(78(14,15)16)42-63(72)50-37-53(76(8,9)10)40-54(38-50)77(11,12)13/h20-46H,47H2,1-19H3/i1D3,46D. The summed E-state index contributed by atoms with van der Waals surface area (Å²) in [6.45, 7) is 39.0. The summed E-state index contributed by atoms with van der Waals surface area (Å²) in [5.74, 6) is 1.79. The lowest BCUT2D eigenvalue weighted by atomic mass is 9.76. The van der Waals surface area contributed by atoms with E-state index >= 15 is 0 Å². The van der Waals surface area contributed by atoms with Gasteiger partial charge in [-0.2, -0.15) is 0 Å². The minimum absolute atomic E-state index is 0.0190. The van der Waals surface area contributed by atoms with Crippen LogP contribution in [0.5, 0.6) is 11.5 Å². The number of para-hydroxylation sites is 2. The Morgan fingerprint density at radius 2 is 1.00 bits per heavy atom. The number of hydrogen-bond acceptors (Lipinski definition) is 5. The number of ether oxygens (including phenoxy) is 1. The summed E-state index contributed by atoms with van der Waals surface area (Å²) in [7, 11) is 0. The molecule has 434 valence electrons. The maximum absolute atomic E-state index is 9.23. The molecule has 1 aliphatic rings. The van der Waals surface area contributed by atoms with E-state index in [1.807, 2.05) is 39.0 Å². The summed E-state index contributed by atoms with van der Waals surface area (Å²) in [5.41, 5.74) is 16.9. The first kappa shape index (κ1) is 52.9. The zero-order valence-corrected chi connectivity index (χ0v) is 54.1. The lowest BCUT2D eigenvalue weighted by Crippen LogP contribution is -2.25. The highest BCUT2D eigenvalue weighted by Gasteiger charge is 2.35. The molecule has 4 heterocycles. The Morgan fingerprint density at radius 3 is 1.56 bits per heavy atom. The molecule has 0 radical (unpaired) electrons. The molecule has 0 aliphatic carbocycles. The van der Waals surface area contributed by atoms with Gasteiger partial charge in [0.2, 0.25) is 0 Å². The van der Waals surface area contributed by atoms with Crippen molar-refractivity contribution in [1.82, 2.24) is 9.55 Å². The number of hydrogen-bond donors (Lipinski definition) is 0. The highest BCUT2D eigenvalue weighted by atomic mass is 32.1. The predicted molar refractivity (Wildman–Crippen MR) is 368 cm³/mol. The average molecular weight is 1140 g/mol. The Kier molecular flexibility index (Phi) is 12.6. The van der Waals surface area contributed by atoms with Gasteiger partial charge < -0.3 is 14.5 Å². The van der Waals surface area contributed by atoms with E-state index in [-0.39, 0.29) is 38.8 Å². The second-order valence-corrected chi connectivity index (χ2v) is 31.1. The molecule has 6 heteroatoms. The van der Waals surface area contributed by atoms with E-state index in [9.17, 15) is 1.37 Å². The predicted octanol–water partition coefficient (Wildman–Crippen LogP) is 23.0. The number of benzene rings is 8. The van der Waals surface area contributed by atoms with Gasteiger partial charge in [0.1, 0.15) is 24.0 Å². The van der Waals surface area contributed by atoms with Crippen LogP contribution >= 0.6 is 11.3 Å². The van der Waals surface area contributed by atoms with Crippen LogP contribution in [-0.2, 0) is 32.5 Å². The van der Waals surface area contributed by atoms with E-state index in [1.54, 1.807) is 11.3 Å². The molecule has 1 aliphatic heterocycles. The summed E-state index contributed by atoms with van der Waals surface area (Å²) in [6, 6.07) is 57.9. The van der Waals surface area contributed by atoms with Crippen LogP contribution in [0, 0.1) is 6.85 Å². The Hall–Kier alpha value is -7.67. The molecule has 0 amide bonds. The van der Waals surface area contributed by atoms with Crippen LogP contribution in [0.15, 0.2) is 164 Å². The maximum Gasteiger partial charge on any atom is 0.137 e. The van der Waals surface area contributed by atoms with Gasteiger partial charge in [-0.05, 0) is 156 Å². The van der Waals surface area contributed by atoms with Crippen LogP contribution < -0.4 is 14.5 Å². The fraction of sp³-hybridized carbons (Fsp3) is 0.329. The van der Waals surface area contributed by atoms with Crippen molar-refractivity contribution < 1.29 is 10.2 Å². The number of rotatable bonds is 7. The Morgan fingerprint density at radius 1 is 0.471 bits per heavy atom. The van der Waals surface area contributed by atoms with Gasteiger partial charge in [-0.25, -0.2) is 4.98 Å². The number of anilines is 4. The van der Waals surface area contributed by atoms with Crippen molar-refractivity contribution in [2.75, 3.05) is 16.5 Å². The van der Waals surface area contributed by atoms with Crippen LogP contribution in [0.25, 0.3) is 70.0 Å². The molecule has 0 atom stereocenters. The number of fused-ring (bicyclic) bond motifs is 8. The Balaban J connectivity index is 1.03. The van der Waals surface area contributed by atoms with E-state index in [2.05, 4.69) is 258 Å². The molecule has 85 heavy (non-hydrogen) atoms. The first-order valence-corrected chi connectivity index (χ1v) is 31.1. The molecule has 0 saturated heterocycles. The number of pyridine rings is 1. The molecule has 0 fully saturated rings. The van der Waals surface area contributed by atoms with Crippen molar-refractivity contribution in [2.45, 2.75) is 164 Å². The molecule has 8 aromatic carbocycles. The van der Waals surface area contributed by atoms with Crippen molar-refractivity contribution >= 4 is 76.1 Å². The first-order valence-electron chi connectivity index (χ1n) is 32.3. The summed E-state index contributed by atoms with van der Waals surface area (Å²) in [5, 5.41) is 4.44. The number of thiophene rings is 1. The zero-order chi connectivity index (χ0) is 64.0. The average Bonchev–Trinajstić information content (AvgIpc) is 1.61. The van der Waals surface area contributed by atoms with Gasteiger partial charge in [-0.1, -0.05) is 203 Å². The molecule has 3 aromatic heterocycles. The topological polar surface area (TPSA) is 33.5 Å². The van der Waals surface area contributed by atoms with Crippen LogP contribution in [0.4, 0.5) is 22.7 Å². The van der Waals surface area contributed by atoms with Gasteiger partial charge in [-0.15, -0.1) is 11.3 Å². The highest BCUT2D eigenvalue weighted by Crippen LogP contribution is 2.54. The third-order valence-electron chi connectivity index (χ3n) is 17.4. The van der Waals surface area contributed by atoms with Gasteiger partial charge in [0, 0.05) is 70.2 Å². The molecule has 0 N–H and O–H groups in total. The van der Waals surface area contributed by atoms with E-state index in [1.165, 1.54) is 71.2 Å². The highest BCUT2D eigenvalue weighted by molar-refractivity contribution is 7.26. The van der Waals surface area contributed by atoms with Crippen LogP contribution in [-0.4, -0.2) is 16.2 Å². The van der Waals surface area contributed by atoms with Crippen LogP contribution in [0.2, 0.25) is 0 Å². The Bertz CT molecular complexity index is 4470. The molecule has 0 saturated carbocycles. The fourth-order valence-corrected chi connectivity index (χ4v) is 13.5. The summed E-state index contributed by atoms with van der Waals surface area (Å²) in [6.07, 6.45) is -0.250. The number of aromatic nitrogens is 2. The van der Waals surface area contributed by atoms with E-state index < -0.39 is 12.3 Å². The monoisotopic (exact) mass is 1140 g/mol. The van der Waals surface area contributed by atoms with Gasteiger partial charge >= 0.3 is 0 Å². The molecule has 11 aromatic rings. The Labute approximate surface area is 516 Å². The minimum Gasteiger partial charge on any atom is -0.457 e. The van der Waals surface area contributed by atoms with Crippen LogP contribution in [0.1, 0.15) is 169 Å². The lowest BCUT2D eigenvalue weighted by molar-refractivity contribution is 0.483. The maximum atomic E-state index is 9.23. The SMILES string of the molecule is [2H]c1nc(-n2c3cc(Oc4cccc(N5CN(c6c(-c7cc(C(C)(C)C)cc(C(C)(C)C)c7)cc(C(C)(C)C)cc6-c6cc(C(C)(C)C)cc(C(C)(C)C)c6)c6ccccc65)c4)ccc3c3c4sc5ccccc5c4ccc32)cc(C(C)(C)C)c1C([2H])([2H])[2H]. The van der Waals surface area contributed by atoms with Gasteiger partial charge in [-0.3, -0.25) is 4.57 Å². The van der Waals surface area contributed by atoms with Crippen LogP contribution in [0.3, 0.4) is 0 Å². The number of nitrogens with zero attached hydrogens (tertiary/aromatic N) is 4. The first-order chi connectivity index (χ1) is 41.4. The molecule has 0 unspecified atom stereocenters. The molecule has 12 rings (SSSR count). The van der Waals surface area contributed by atoms with Gasteiger partial charge in [0.05, 0.1) is 29.5 Å². The van der Waals surface area contributed by atoms with Crippen molar-refractivity contribution in [1.29, 1.82) is 0 Å². The summed E-state index contributed by atoms with van der Waals surface area (Å²) >= 11 is 1.77. The smallest absolute Gasteiger partial charge is 0.137 e. The zero-order valence-electron chi connectivity index (χ0n) is 57.3. The molecule has 0 bridgehead atoms. The molecule has 0 spiro atoms. The van der Waals surface area contributed by atoms with E-state index in [4.69, 9.17) is 13.8 Å². The molecular formula is C79H86N4OS. The summed E-state index contributed by atoms with van der Waals surface area (Å²) in [4.78, 5) is 9.81. The van der Waals surface area contributed by atoms with E-state index in [0.717, 1.165) is 43.6 Å². The molecule has 5 nitrogen and oxygen atoms in total. The fourth-order valence-electron chi connectivity index (χ4n) is 12.3. The van der Waals surface area contributed by atoms with Crippen molar-refractivity contribution in [2.24, 2.45) is 0 Å². The second-order valence-electron chi connectivity index (χ2n) is 30.1. The summed E-state index contributed by atoms with van der Waals surface area (Å²) < 4.78 is 46.3. The third kappa shape index (κ3) is 10.6. The van der Waals surface area contributed by atoms with Gasteiger partial charge in [0.15, 0.2) is 0 Å². The van der Waals surface area contributed by atoms with Gasteiger partial charge in [0.25, 0.3) is 0 Å². The van der Waals surface area contributed by atoms with E-state index in [0.29, 0.717) is 29.5 Å².